The van der Waals surface area contributed by atoms with Gasteiger partial charge in [0.15, 0.2) is 0 Å². The van der Waals surface area contributed by atoms with E-state index in [2.05, 4.69) is 17.0 Å². The highest BCUT2D eigenvalue weighted by atomic mass is 15.1. The van der Waals surface area contributed by atoms with E-state index in [9.17, 15) is 0 Å². The molecule has 0 N–H and O–H groups in total. The highest BCUT2D eigenvalue weighted by Crippen LogP contribution is 2.48. The van der Waals surface area contributed by atoms with E-state index in [1.807, 2.05) is 7.05 Å². The fourth-order valence-corrected chi connectivity index (χ4v) is 1.63. The summed E-state index contributed by atoms with van der Waals surface area (Å²) >= 11 is 0. The first-order chi connectivity index (χ1) is 6.22. The molecule has 0 aromatic rings. The van der Waals surface area contributed by atoms with Gasteiger partial charge in [0.2, 0.25) is 0 Å². The number of nitrogens with zero attached hydrogens (tertiary/aromatic N) is 3. The van der Waals surface area contributed by atoms with Crippen molar-refractivity contribution < 1.29 is 0 Å². The van der Waals surface area contributed by atoms with E-state index in [0.717, 1.165) is 13.1 Å². The van der Waals surface area contributed by atoms with Gasteiger partial charge >= 0.3 is 0 Å². The second-order valence-electron chi connectivity index (χ2n) is 3.98. The molecule has 1 rings (SSSR count). The van der Waals surface area contributed by atoms with Gasteiger partial charge in [0.05, 0.1) is 12.1 Å². The largest absolute Gasteiger partial charge is 0.305 e. The standard InChI is InChI=1S/C10H15N3/c1-13(8-2-6-11)9-10(3-4-10)5-7-12/h2-5,8-9H2,1H3. The summed E-state index contributed by atoms with van der Waals surface area (Å²) < 4.78 is 0. The molecule has 13 heavy (non-hydrogen) atoms. The van der Waals surface area contributed by atoms with Crippen LogP contribution in [0.2, 0.25) is 0 Å². The third-order valence-electron chi connectivity index (χ3n) is 2.62. The van der Waals surface area contributed by atoms with Gasteiger partial charge in [-0.15, -0.1) is 0 Å². The fourth-order valence-electron chi connectivity index (χ4n) is 1.63. The Kier molecular flexibility index (Phi) is 3.28. The van der Waals surface area contributed by atoms with Gasteiger partial charge < -0.3 is 4.90 Å². The van der Waals surface area contributed by atoms with Crippen molar-refractivity contribution in [1.82, 2.24) is 4.90 Å². The molecule has 70 valence electrons. The predicted molar refractivity (Wildman–Crippen MR) is 49.6 cm³/mol. The first kappa shape index (κ1) is 10.0. The van der Waals surface area contributed by atoms with Crippen molar-refractivity contribution in [3.63, 3.8) is 0 Å². The summed E-state index contributed by atoms with van der Waals surface area (Å²) in [6.07, 6.45) is 3.61. The monoisotopic (exact) mass is 177 g/mol. The van der Waals surface area contributed by atoms with E-state index in [1.165, 1.54) is 12.8 Å². The van der Waals surface area contributed by atoms with Crippen LogP contribution in [0, 0.1) is 28.1 Å². The lowest BCUT2D eigenvalue weighted by atomic mass is 10.0. The smallest absolute Gasteiger partial charge is 0.0635 e. The van der Waals surface area contributed by atoms with Crippen LogP contribution in [-0.4, -0.2) is 25.0 Å². The highest BCUT2D eigenvalue weighted by Gasteiger charge is 2.42. The molecular weight excluding hydrogens is 162 g/mol. The van der Waals surface area contributed by atoms with Crippen molar-refractivity contribution in [3.05, 3.63) is 0 Å². The summed E-state index contributed by atoms with van der Waals surface area (Å²) in [5.74, 6) is 0. The van der Waals surface area contributed by atoms with Crippen LogP contribution >= 0.6 is 0 Å². The van der Waals surface area contributed by atoms with E-state index < -0.39 is 0 Å². The summed E-state index contributed by atoms with van der Waals surface area (Å²) in [7, 11) is 2.02. The molecule has 1 aliphatic carbocycles. The first-order valence-electron chi connectivity index (χ1n) is 4.65. The normalized spacial score (nSPS) is 17.8. The Bertz CT molecular complexity index is 242. The number of hydrogen-bond donors (Lipinski definition) is 0. The third kappa shape index (κ3) is 3.05. The lowest BCUT2D eigenvalue weighted by Gasteiger charge is -2.20. The van der Waals surface area contributed by atoms with Gasteiger partial charge in [0.25, 0.3) is 0 Å². The topological polar surface area (TPSA) is 50.8 Å². The Labute approximate surface area is 79.6 Å². The van der Waals surface area contributed by atoms with E-state index in [-0.39, 0.29) is 5.41 Å². The maximum absolute atomic E-state index is 8.61. The summed E-state index contributed by atoms with van der Waals surface area (Å²) in [5.41, 5.74) is 0.277. The van der Waals surface area contributed by atoms with Gasteiger partial charge in [-0.1, -0.05) is 0 Å². The molecule has 0 saturated heterocycles. The fraction of sp³-hybridized carbons (Fsp3) is 0.800. The summed E-state index contributed by atoms with van der Waals surface area (Å²) in [6, 6.07) is 4.37. The van der Waals surface area contributed by atoms with Gasteiger partial charge in [-0.05, 0) is 25.3 Å². The summed E-state index contributed by atoms with van der Waals surface area (Å²) in [4.78, 5) is 2.16. The van der Waals surface area contributed by atoms with Crippen LogP contribution in [0.1, 0.15) is 25.7 Å². The average Bonchev–Trinajstić information content (AvgIpc) is 2.82. The number of rotatable bonds is 5. The zero-order chi connectivity index (χ0) is 9.73. The second kappa shape index (κ2) is 4.25. The molecule has 3 nitrogen and oxygen atoms in total. The average molecular weight is 177 g/mol. The van der Waals surface area contributed by atoms with Crippen LogP contribution in [0.5, 0.6) is 0 Å². The molecule has 0 atom stereocenters. The minimum Gasteiger partial charge on any atom is -0.305 e. The first-order valence-corrected chi connectivity index (χ1v) is 4.65. The van der Waals surface area contributed by atoms with Gasteiger partial charge in [0.1, 0.15) is 0 Å². The molecule has 0 unspecified atom stereocenters. The number of nitriles is 2. The van der Waals surface area contributed by atoms with Gasteiger partial charge in [-0.3, -0.25) is 0 Å². The van der Waals surface area contributed by atoms with E-state index in [0.29, 0.717) is 12.8 Å². The minimum atomic E-state index is 0.277. The zero-order valence-electron chi connectivity index (χ0n) is 8.08. The molecule has 0 aromatic heterocycles. The lowest BCUT2D eigenvalue weighted by molar-refractivity contribution is 0.269. The molecule has 0 aliphatic heterocycles. The maximum Gasteiger partial charge on any atom is 0.0635 e. The molecule has 0 amide bonds. The molecule has 0 radical (unpaired) electrons. The molecule has 3 heteroatoms. The zero-order valence-corrected chi connectivity index (χ0v) is 8.08. The van der Waals surface area contributed by atoms with Crippen LogP contribution in [0.15, 0.2) is 0 Å². The minimum absolute atomic E-state index is 0.277. The van der Waals surface area contributed by atoms with Crippen molar-refractivity contribution in [3.8, 4) is 12.1 Å². The van der Waals surface area contributed by atoms with Crippen molar-refractivity contribution in [2.24, 2.45) is 5.41 Å². The molecule has 0 spiro atoms. The van der Waals surface area contributed by atoms with Crippen LogP contribution in [0.4, 0.5) is 0 Å². The van der Waals surface area contributed by atoms with Crippen LogP contribution in [0.3, 0.4) is 0 Å². The predicted octanol–water partition coefficient (Wildman–Crippen LogP) is 1.53. The van der Waals surface area contributed by atoms with E-state index in [4.69, 9.17) is 10.5 Å². The molecule has 0 bridgehead atoms. The van der Waals surface area contributed by atoms with Crippen LogP contribution < -0.4 is 0 Å². The molecule has 0 heterocycles. The third-order valence-corrected chi connectivity index (χ3v) is 2.62. The molecule has 0 aromatic carbocycles. The second-order valence-corrected chi connectivity index (χ2v) is 3.98. The van der Waals surface area contributed by atoms with Crippen molar-refractivity contribution in [1.29, 1.82) is 10.5 Å². The number of hydrogen-bond acceptors (Lipinski definition) is 3. The van der Waals surface area contributed by atoms with Gasteiger partial charge in [0, 0.05) is 25.9 Å². The Morgan fingerprint density at radius 3 is 2.46 bits per heavy atom. The van der Waals surface area contributed by atoms with Crippen molar-refractivity contribution in [2.45, 2.75) is 25.7 Å². The van der Waals surface area contributed by atoms with Crippen LogP contribution in [-0.2, 0) is 0 Å². The van der Waals surface area contributed by atoms with E-state index in [1.54, 1.807) is 0 Å². The Balaban J connectivity index is 2.24. The van der Waals surface area contributed by atoms with Crippen LogP contribution in [0.25, 0.3) is 0 Å². The molecule has 1 fully saturated rings. The van der Waals surface area contributed by atoms with Gasteiger partial charge in [-0.25, -0.2) is 0 Å². The Hall–Kier alpha value is -1.06. The Morgan fingerprint density at radius 2 is 2.00 bits per heavy atom. The van der Waals surface area contributed by atoms with Crippen molar-refractivity contribution >= 4 is 0 Å². The Morgan fingerprint density at radius 1 is 1.31 bits per heavy atom. The quantitative estimate of drug-likeness (QED) is 0.639. The summed E-state index contributed by atoms with van der Waals surface area (Å²) in [5, 5.41) is 17.0. The van der Waals surface area contributed by atoms with Crippen molar-refractivity contribution in [2.75, 3.05) is 20.1 Å². The van der Waals surface area contributed by atoms with Gasteiger partial charge in [-0.2, -0.15) is 10.5 Å². The highest BCUT2D eigenvalue weighted by molar-refractivity contribution is 5.00. The molecular formula is C10H15N3. The lowest BCUT2D eigenvalue weighted by Crippen LogP contribution is -2.27. The van der Waals surface area contributed by atoms with E-state index >= 15 is 0 Å². The molecule has 1 saturated carbocycles. The SMILES string of the molecule is CN(CCC#N)CC1(CC#N)CC1. The maximum atomic E-state index is 8.61. The summed E-state index contributed by atoms with van der Waals surface area (Å²) in [6.45, 7) is 1.80. The molecule has 1 aliphatic rings.